The van der Waals surface area contributed by atoms with Gasteiger partial charge in [-0.3, -0.25) is 14.6 Å². The van der Waals surface area contributed by atoms with E-state index in [9.17, 15) is 9.59 Å². The number of rotatable bonds is 8. The molecule has 1 aliphatic carbocycles. The summed E-state index contributed by atoms with van der Waals surface area (Å²) < 4.78 is 15.9. The molecule has 2 aromatic rings. The SMILES string of the molecule is COc1cc(NC(=O)C2(C(=O)NCc3ccccn3)CC2)cc(OC)c1OC. The first-order valence-electron chi connectivity index (χ1n) is 8.83. The maximum atomic E-state index is 12.8. The number of carbonyl (C=O) groups is 2. The third kappa shape index (κ3) is 3.85. The van der Waals surface area contributed by atoms with Crippen molar-refractivity contribution in [2.24, 2.45) is 5.41 Å². The number of nitrogens with zero attached hydrogens (tertiary/aromatic N) is 1. The van der Waals surface area contributed by atoms with Gasteiger partial charge in [-0.2, -0.15) is 0 Å². The van der Waals surface area contributed by atoms with Crippen LogP contribution in [0.5, 0.6) is 17.2 Å². The minimum Gasteiger partial charge on any atom is -0.493 e. The summed E-state index contributed by atoms with van der Waals surface area (Å²) in [5.74, 6) is 0.601. The highest BCUT2D eigenvalue weighted by atomic mass is 16.5. The van der Waals surface area contributed by atoms with Crippen LogP contribution in [-0.2, 0) is 16.1 Å². The van der Waals surface area contributed by atoms with E-state index in [1.54, 1.807) is 24.4 Å². The number of methoxy groups -OCH3 is 3. The molecule has 1 heterocycles. The maximum Gasteiger partial charge on any atom is 0.240 e. The lowest BCUT2D eigenvalue weighted by atomic mass is 10.0. The predicted molar refractivity (Wildman–Crippen MR) is 102 cm³/mol. The van der Waals surface area contributed by atoms with Crippen LogP contribution in [0.15, 0.2) is 36.5 Å². The number of pyridine rings is 1. The minimum atomic E-state index is -1.06. The fourth-order valence-electron chi connectivity index (χ4n) is 2.93. The van der Waals surface area contributed by atoms with Gasteiger partial charge in [0, 0.05) is 24.0 Å². The molecule has 8 nitrogen and oxygen atoms in total. The Balaban J connectivity index is 1.71. The Morgan fingerprint density at radius 2 is 1.71 bits per heavy atom. The van der Waals surface area contributed by atoms with Crippen LogP contribution in [0.3, 0.4) is 0 Å². The number of hydrogen-bond donors (Lipinski definition) is 2. The number of anilines is 1. The van der Waals surface area contributed by atoms with E-state index in [0.717, 1.165) is 5.69 Å². The summed E-state index contributed by atoms with van der Waals surface area (Å²) in [6, 6.07) is 8.72. The Morgan fingerprint density at radius 1 is 1.04 bits per heavy atom. The van der Waals surface area contributed by atoms with Crippen LogP contribution >= 0.6 is 0 Å². The van der Waals surface area contributed by atoms with Crippen LogP contribution < -0.4 is 24.8 Å². The fourth-order valence-corrected chi connectivity index (χ4v) is 2.93. The van der Waals surface area contributed by atoms with Crippen molar-refractivity contribution in [3.05, 3.63) is 42.2 Å². The largest absolute Gasteiger partial charge is 0.493 e. The molecule has 0 spiro atoms. The molecule has 0 unspecified atom stereocenters. The fraction of sp³-hybridized carbons (Fsp3) is 0.350. The average molecular weight is 385 g/mol. The second-order valence-corrected chi connectivity index (χ2v) is 6.45. The van der Waals surface area contributed by atoms with E-state index in [-0.39, 0.29) is 18.4 Å². The summed E-state index contributed by atoms with van der Waals surface area (Å²) >= 11 is 0. The summed E-state index contributed by atoms with van der Waals surface area (Å²) in [5.41, 5.74) is 0.134. The Bertz CT molecular complexity index is 840. The van der Waals surface area contributed by atoms with Crippen LogP contribution in [0.1, 0.15) is 18.5 Å². The van der Waals surface area contributed by atoms with Gasteiger partial charge >= 0.3 is 0 Å². The molecule has 0 atom stereocenters. The van der Waals surface area contributed by atoms with E-state index in [2.05, 4.69) is 15.6 Å². The van der Waals surface area contributed by atoms with Crippen LogP contribution in [0, 0.1) is 5.41 Å². The first-order valence-corrected chi connectivity index (χ1v) is 8.83. The molecule has 0 bridgehead atoms. The molecule has 0 aliphatic heterocycles. The van der Waals surface area contributed by atoms with Crippen molar-refractivity contribution in [3.63, 3.8) is 0 Å². The highest BCUT2D eigenvalue weighted by molar-refractivity contribution is 6.13. The normalized spacial score (nSPS) is 14.0. The third-order valence-electron chi connectivity index (χ3n) is 4.70. The average Bonchev–Trinajstić information content (AvgIpc) is 3.54. The molecule has 1 fully saturated rings. The highest BCUT2D eigenvalue weighted by Crippen LogP contribution is 2.47. The van der Waals surface area contributed by atoms with Gasteiger partial charge in [0.05, 0.1) is 33.6 Å². The van der Waals surface area contributed by atoms with E-state index < -0.39 is 5.41 Å². The molecule has 2 N–H and O–H groups in total. The molecule has 0 saturated heterocycles. The topological polar surface area (TPSA) is 98.8 Å². The standard InChI is InChI=1S/C20H23N3O5/c1-26-15-10-14(11-16(27-2)17(15)28-3)23-19(25)20(7-8-20)18(24)22-12-13-6-4-5-9-21-13/h4-6,9-11H,7-8,12H2,1-3H3,(H,22,24)(H,23,25). The molecular formula is C20H23N3O5. The van der Waals surface area contributed by atoms with Gasteiger partial charge in [0.2, 0.25) is 17.6 Å². The summed E-state index contributed by atoms with van der Waals surface area (Å²) in [6.07, 6.45) is 2.65. The van der Waals surface area contributed by atoms with Gasteiger partial charge in [0.25, 0.3) is 0 Å². The van der Waals surface area contributed by atoms with Gasteiger partial charge in [0.1, 0.15) is 5.41 Å². The van der Waals surface area contributed by atoms with Gasteiger partial charge in [-0.05, 0) is 25.0 Å². The van der Waals surface area contributed by atoms with Crippen molar-refractivity contribution in [1.82, 2.24) is 10.3 Å². The summed E-state index contributed by atoms with van der Waals surface area (Å²) in [4.78, 5) is 29.6. The summed E-state index contributed by atoms with van der Waals surface area (Å²) in [7, 11) is 4.50. The zero-order valence-corrected chi connectivity index (χ0v) is 16.1. The highest BCUT2D eigenvalue weighted by Gasteiger charge is 2.56. The van der Waals surface area contributed by atoms with Gasteiger partial charge in [-0.15, -0.1) is 0 Å². The van der Waals surface area contributed by atoms with Crippen molar-refractivity contribution in [2.75, 3.05) is 26.6 Å². The Labute approximate surface area is 163 Å². The quantitative estimate of drug-likeness (QED) is 0.676. The van der Waals surface area contributed by atoms with Crippen LogP contribution in [0.4, 0.5) is 5.69 Å². The van der Waals surface area contributed by atoms with Crippen molar-refractivity contribution >= 4 is 17.5 Å². The lowest BCUT2D eigenvalue weighted by molar-refractivity contribution is -0.134. The zero-order valence-electron chi connectivity index (χ0n) is 16.1. The van der Waals surface area contributed by atoms with Crippen LogP contribution in [0.2, 0.25) is 0 Å². The van der Waals surface area contributed by atoms with E-state index in [1.807, 2.05) is 12.1 Å². The molecule has 28 heavy (non-hydrogen) atoms. The lowest BCUT2D eigenvalue weighted by Crippen LogP contribution is -2.39. The first kappa shape index (κ1) is 19.5. The van der Waals surface area contributed by atoms with E-state index in [0.29, 0.717) is 35.8 Å². The van der Waals surface area contributed by atoms with E-state index >= 15 is 0 Å². The van der Waals surface area contributed by atoms with Crippen molar-refractivity contribution < 1.29 is 23.8 Å². The van der Waals surface area contributed by atoms with Crippen molar-refractivity contribution in [1.29, 1.82) is 0 Å². The first-order chi connectivity index (χ1) is 13.5. The molecule has 1 aliphatic rings. The molecule has 0 radical (unpaired) electrons. The molecule has 1 aromatic carbocycles. The maximum absolute atomic E-state index is 12.8. The summed E-state index contributed by atoms with van der Waals surface area (Å²) in [5, 5.41) is 5.59. The monoisotopic (exact) mass is 385 g/mol. The molecular weight excluding hydrogens is 362 g/mol. The Kier molecular flexibility index (Phi) is 5.67. The molecule has 3 rings (SSSR count). The van der Waals surface area contributed by atoms with Crippen LogP contribution in [0.25, 0.3) is 0 Å². The minimum absolute atomic E-state index is 0.277. The number of carbonyl (C=O) groups excluding carboxylic acids is 2. The number of benzene rings is 1. The third-order valence-corrected chi connectivity index (χ3v) is 4.70. The van der Waals surface area contributed by atoms with E-state index in [1.165, 1.54) is 21.3 Å². The summed E-state index contributed by atoms with van der Waals surface area (Å²) in [6.45, 7) is 0.277. The number of aromatic nitrogens is 1. The number of amides is 2. The lowest BCUT2D eigenvalue weighted by Gasteiger charge is -2.17. The Hall–Kier alpha value is -3.29. The van der Waals surface area contributed by atoms with Crippen molar-refractivity contribution in [2.45, 2.75) is 19.4 Å². The Morgan fingerprint density at radius 3 is 2.21 bits per heavy atom. The van der Waals surface area contributed by atoms with Gasteiger partial charge in [-0.1, -0.05) is 6.07 Å². The smallest absolute Gasteiger partial charge is 0.240 e. The molecule has 1 aromatic heterocycles. The van der Waals surface area contributed by atoms with Crippen molar-refractivity contribution in [3.8, 4) is 17.2 Å². The molecule has 1 saturated carbocycles. The number of ether oxygens (including phenoxy) is 3. The molecule has 148 valence electrons. The zero-order chi connectivity index (χ0) is 20.1. The second kappa shape index (κ2) is 8.16. The second-order valence-electron chi connectivity index (χ2n) is 6.45. The van der Waals surface area contributed by atoms with Gasteiger partial charge < -0.3 is 24.8 Å². The molecule has 2 amide bonds. The van der Waals surface area contributed by atoms with E-state index in [4.69, 9.17) is 14.2 Å². The van der Waals surface area contributed by atoms with Gasteiger partial charge in [-0.25, -0.2) is 0 Å². The molecule has 8 heteroatoms. The number of nitrogens with one attached hydrogen (secondary N) is 2. The van der Waals surface area contributed by atoms with Gasteiger partial charge in [0.15, 0.2) is 11.5 Å². The van der Waals surface area contributed by atoms with Crippen LogP contribution in [-0.4, -0.2) is 38.1 Å². The predicted octanol–water partition coefficient (Wildman–Crippen LogP) is 2.14. The number of hydrogen-bond acceptors (Lipinski definition) is 6.